The van der Waals surface area contributed by atoms with E-state index in [2.05, 4.69) is 4.98 Å². The summed E-state index contributed by atoms with van der Waals surface area (Å²) in [6.07, 6.45) is 1.73. The quantitative estimate of drug-likeness (QED) is 0.477. The fourth-order valence-corrected chi connectivity index (χ4v) is 0.565. The maximum absolute atomic E-state index is 5.12. The minimum Gasteiger partial charge on any atom is -0.457 e. The zero-order valence-corrected chi connectivity index (χ0v) is 5.14. The summed E-state index contributed by atoms with van der Waals surface area (Å²) < 4.78 is 5.12. The van der Waals surface area contributed by atoms with E-state index < -0.39 is 0 Å². The third-order valence-electron chi connectivity index (χ3n) is 0.972. The first-order valence-electron chi connectivity index (χ1n) is 2.74. The van der Waals surface area contributed by atoms with E-state index in [-0.39, 0.29) is 0 Å². The molecule has 0 fully saturated rings. The number of rotatable bonds is 1. The van der Waals surface area contributed by atoms with Gasteiger partial charge in [-0.3, -0.25) is 0 Å². The van der Waals surface area contributed by atoms with E-state index in [9.17, 15) is 0 Å². The highest BCUT2D eigenvalue weighted by Crippen LogP contribution is 1.87. The maximum atomic E-state index is 5.12. The molecule has 0 aliphatic carbocycles. The maximum Gasteiger partial charge on any atom is 0.227 e. The van der Waals surface area contributed by atoms with Crippen LogP contribution in [0.25, 0.3) is 0 Å². The molecular weight excluding hydrogens is 101 g/mol. The van der Waals surface area contributed by atoms with Gasteiger partial charge in [-0.05, 0) is 6.92 Å². The van der Waals surface area contributed by atoms with E-state index in [1.807, 2.05) is 13.7 Å². The molecule has 1 aromatic heterocycles. The summed E-state index contributed by atoms with van der Waals surface area (Å²) in [5, 5.41) is 0. The second-order valence-corrected chi connectivity index (χ2v) is 1.72. The Hall–Kier alpha value is -0.725. The van der Waals surface area contributed by atoms with Gasteiger partial charge in [-0.1, -0.05) is 6.82 Å². The molecule has 0 N–H and O–H groups in total. The molecule has 1 rings (SSSR count). The Bertz CT molecular complexity index is 173. The Labute approximate surface area is 49.2 Å². The molecule has 1 heterocycles. The molecule has 0 saturated heterocycles. The van der Waals surface area contributed by atoms with Gasteiger partial charge in [0.05, 0.1) is 6.20 Å². The van der Waals surface area contributed by atoms with Crippen molar-refractivity contribution in [2.45, 2.75) is 13.7 Å². The lowest BCUT2D eigenvalue weighted by atomic mass is 9.83. The molecule has 2 nitrogen and oxygen atoms in total. The molecule has 0 aliphatic rings. The number of hydrogen-bond acceptors (Lipinski definition) is 2. The van der Waals surface area contributed by atoms with Gasteiger partial charge in [0.15, 0.2) is 0 Å². The van der Waals surface area contributed by atoms with Crippen molar-refractivity contribution in [1.29, 1.82) is 0 Å². The largest absolute Gasteiger partial charge is 0.457 e. The van der Waals surface area contributed by atoms with E-state index in [1.54, 1.807) is 6.20 Å². The normalized spacial score (nSPS) is 9.25. The molecule has 3 heteroatoms. The number of aryl methyl sites for hydroxylation is 1. The van der Waals surface area contributed by atoms with Gasteiger partial charge in [0.2, 0.25) is 7.28 Å². The number of aromatic nitrogens is 1. The first kappa shape index (κ1) is 5.41. The number of nitrogens with zero attached hydrogens (tertiary/aromatic N) is 1. The SMILES string of the molecule is CBc1ncc(C)o1. The van der Waals surface area contributed by atoms with E-state index in [1.165, 1.54) is 0 Å². The lowest BCUT2D eigenvalue weighted by Gasteiger charge is -1.79. The monoisotopic (exact) mass is 109 g/mol. The van der Waals surface area contributed by atoms with Crippen molar-refractivity contribution in [3.8, 4) is 0 Å². The molecule has 0 aromatic carbocycles. The van der Waals surface area contributed by atoms with Crippen molar-refractivity contribution in [3.05, 3.63) is 12.0 Å². The van der Waals surface area contributed by atoms with Crippen LogP contribution in [0.2, 0.25) is 6.82 Å². The lowest BCUT2D eigenvalue weighted by molar-refractivity contribution is 0.560. The lowest BCUT2D eigenvalue weighted by Crippen LogP contribution is -2.09. The van der Waals surface area contributed by atoms with Gasteiger partial charge in [-0.25, -0.2) is 4.98 Å². The van der Waals surface area contributed by atoms with E-state index in [0.29, 0.717) is 0 Å². The van der Waals surface area contributed by atoms with Crippen molar-refractivity contribution in [2.75, 3.05) is 0 Å². The Balaban J connectivity index is 2.84. The first-order chi connectivity index (χ1) is 3.83. The Kier molecular flexibility index (Phi) is 1.37. The van der Waals surface area contributed by atoms with Gasteiger partial charge in [0.1, 0.15) is 11.6 Å². The van der Waals surface area contributed by atoms with Crippen LogP contribution in [-0.4, -0.2) is 12.3 Å². The number of hydrogen-bond donors (Lipinski definition) is 0. The molecular formula is C5H8BNO. The Morgan fingerprint density at radius 1 is 1.75 bits per heavy atom. The van der Waals surface area contributed by atoms with Crippen molar-refractivity contribution >= 4 is 13.1 Å². The van der Waals surface area contributed by atoms with Crippen molar-refractivity contribution in [1.82, 2.24) is 4.98 Å². The van der Waals surface area contributed by atoms with Gasteiger partial charge in [0.25, 0.3) is 0 Å². The fourth-order valence-electron chi connectivity index (χ4n) is 0.565. The van der Waals surface area contributed by atoms with Crippen molar-refractivity contribution in [3.63, 3.8) is 0 Å². The average molecular weight is 109 g/mol. The van der Waals surface area contributed by atoms with Gasteiger partial charge >= 0.3 is 0 Å². The molecule has 0 radical (unpaired) electrons. The molecule has 0 bridgehead atoms. The van der Waals surface area contributed by atoms with Crippen LogP contribution in [0.4, 0.5) is 0 Å². The van der Waals surface area contributed by atoms with Crippen LogP contribution in [0.15, 0.2) is 10.6 Å². The van der Waals surface area contributed by atoms with Crippen LogP contribution >= 0.6 is 0 Å². The summed E-state index contributed by atoms with van der Waals surface area (Å²) in [5.74, 6) is 1.71. The summed E-state index contributed by atoms with van der Waals surface area (Å²) in [6.45, 7) is 3.91. The van der Waals surface area contributed by atoms with Gasteiger partial charge < -0.3 is 4.42 Å². The summed E-state index contributed by atoms with van der Waals surface area (Å²) >= 11 is 0. The fraction of sp³-hybridized carbons (Fsp3) is 0.400. The van der Waals surface area contributed by atoms with E-state index in [0.717, 1.165) is 18.8 Å². The molecule has 0 aliphatic heterocycles. The minimum atomic E-state index is 0.822. The summed E-state index contributed by atoms with van der Waals surface area (Å²) in [5.41, 5.74) is 0. The zero-order chi connectivity index (χ0) is 5.98. The molecule has 0 saturated carbocycles. The highest BCUT2D eigenvalue weighted by Gasteiger charge is 1.94. The van der Waals surface area contributed by atoms with Crippen LogP contribution < -0.4 is 5.79 Å². The summed E-state index contributed by atoms with van der Waals surface area (Å²) in [7, 11) is 0.883. The zero-order valence-electron chi connectivity index (χ0n) is 5.14. The van der Waals surface area contributed by atoms with Crippen LogP contribution in [0.3, 0.4) is 0 Å². The molecule has 1 aromatic rings. The van der Waals surface area contributed by atoms with Gasteiger partial charge in [-0.2, -0.15) is 0 Å². The predicted molar refractivity (Wildman–Crippen MR) is 33.9 cm³/mol. The van der Waals surface area contributed by atoms with E-state index in [4.69, 9.17) is 4.42 Å². The highest BCUT2D eigenvalue weighted by atomic mass is 16.3. The van der Waals surface area contributed by atoms with Crippen LogP contribution in [0.1, 0.15) is 5.76 Å². The molecule has 0 spiro atoms. The third kappa shape index (κ3) is 0.913. The molecule has 0 atom stereocenters. The standard InChI is InChI=1S/C5H8BNO/c1-4-3-7-5(6-2)8-4/h3,6H,1-2H3. The summed E-state index contributed by atoms with van der Waals surface area (Å²) in [6, 6.07) is 0. The highest BCUT2D eigenvalue weighted by molar-refractivity contribution is 6.48. The summed E-state index contributed by atoms with van der Waals surface area (Å²) in [4.78, 5) is 3.97. The average Bonchev–Trinajstić information content (AvgIpc) is 2.14. The van der Waals surface area contributed by atoms with Crippen molar-refractivity contribution < 1.29 is 4.42 Å². The molecule has 0 amide bonds. The Morgan fingerprint density at radius 3 is 2.75 bits per heavy atom. The second kappa shape index (κ2) is 2.03. The predicted octanol–water partition coefficient (Wildman–Crippen LogP) is 0.0929. The molecule has 42 valence electrons. The van der Waals surface area contributed by atoms with Crippen LogP contribution in [-0.2, 0) is 0 Å². The molecule has 8 heavy (non-hydrogen) atoms. The number of oxazole rings is 1. The smallest absolute Gasteiger partial charge is 0.227 e. The van der Waals surface area contributed by atoms with Crippen LogP contribution in [0.5, 0.6) is 0 Å². The second-order valence-electron chi connectivity index (χ2n) is 1.72. The van der Waals surface area contributed by atoms with Crippen molar-refractivity contribution in [2.24, 2.45) is 0 Å². The first-order valence-corrected chi connectivity index (χ1v) is 2.74. The van der Waals surface area contributed by atoms with Gasteiger partial charge in [-0.15, -0.1) is 0 Å². The topological polar surface area (TPSA) is 26.0 Å². The van der Waals surface area contributed by atoms with Crippen LogP contribution in [0, 0.1) is 6.92 Å². The van der Waals surface area contributed by atoms with Gasteiger partial charge in [0, 0.05) is 0 Å². The minimum absolute atomic E-state index is 0.822. The molecule has 0 unspecified atom stereocenters. The third-order valence-corrected chi connectivity index (χ3v) is 0.972. The Morgan fingerprint density at radius 2 is 2.50 bits per heavy atom. The van der Waals surface area contributed by atoms with E-state index >= 15 is 0 Å².